The first-order valence-electron chi connectivity index (χ1n) is 5.46. The quantitative estimate of drug-likeness (QED) is 0.804. The van der Waals surface area contributed by atoms with Crippen LogP contribution in [0.2, 0.25) is 0 Å². The molecule has 5 nitrogen and oxygen atoms in total. The van der Waals surface area contributed by atoms with Gasteiger partial charge in [-0.15, -0.1) is 0 Å². The Labute approximate surface area is 88.2 Å². The summed E-state index contributed by atoms with van der Waals surface area (Å²) in [7, 11) is 1.73. The number of nitrogens with one attached hydrogen (secondary N) is 1. The first-order valence-corrected chi connectivity index (χ1v) is 5.46. The Bertz CT molecular complexity index is 348. The first-order chi connectivity index (χ1) is 7.36. The number of methoxy groups -OCH3 is 1. The van der Waals surface area contributed by atoms with Crippen molar-refractivity contribution in [3.8, 4) is 0 Å². The van der Waals surface area contributed by atoms with Crippen LogP contribution >= 0.6 is 0 Å². The lowest BCUT2D eigenvalue weighted by Crippen LogP contribution is -2.16. The zero-order chi connectivity index (χ0) is 10.3. The van der Waals surface area contributed by atoms with Gasteiger partial charge in [-0.25, -0.2) is 0 Å². The van der Waals surface area contributed by atoms with Crippen molar-refractivity contribution < 1.29 is 9.26 Å². The second-order valence-electron chi connectivity index (χ2n) is 4.32. The van der Waals surface area contributed by atoms with Gasteiger partial charge in [0, 0.05) is 19.6 Å². The number of hydrogen-bond donors (Lipinski definition) is 1. The van der Waals surface area contributed by atoms with Crippen molar-refractivity contribution in [1.29, 1.82) is 0 Å². The molecule has 0 bridgehead atoms. The van der Waals surface area contributed by atoms with Crippen molar-refractivity contribution in [3.63, 3.8) is 0 Å². The SMILES string of the molecule is CO[C@H]1CN[C@@H](c2nc(C3CC3)no2)C1. The fourth-order valence-electron chi connectivity index (χ4n) is 1.97. The van der Waals surface area contributed by atoms with Crippen molar-refractivity contribution in [2.24, 2.45) is 0 Å². The summed E-state index contributed by atoms with van der Waals surface area (Å²) in [5.74, 6) is 2.16. The molecule has 0 amide bonds. The van der Waals surface area contributed by atoms with Gasteiger partial charge in [0.2, 0.25) is 5.89 Å². The number of rotatable bonds is 3. The molecule has 1 aromatic heterocycles. The van der Waals surface area contributed by atoms with Gasteiger partial charge in [-0.2, -0.15) is 4.98 Å². The molecule has 0 unspecified atom stereocenters. The Kier molecular flexibility index (Phi) is 2.21. The monoisotopic (exact) mass is 209 g/mol. The molecule has 1 aliphatic carbocycles. The summed E-state index contributed by atoms with van der Waals surface area (Å²) in [5.41, 5.74) is 0. The Hall–Kier alpha value is -0.940. The molecule has 5 heteroatoms. The molecular weight excluding hydrogens is 194 g/mol. The van der Waals surface area contributed by atoms with Crippen LogP contribution in [0.3, 0.4) is 0 Å². The van der Waals surface area contributed by atoms with Gasteiger partial charge < -0.3 is 14.6 Å². The van der Waals surface area contributed by atoms with E-state index in [0.29, 0.717) is 5.92 Å². The summed E-state index contributed by atoms with van der Waals surface area (Å²) in [6.07, 6.45) is 3.60. The van der Waals surface area contributed by atoms with Crippen LogP contribution in [-0.4, -0.2) is 29.9 Å². The third kappa shape index (κ3) is 1.77. The van der Waals surface area contributed by atoms with Gasteiger partial charge in [0.25, 0.3) is 0 Å². The summed E-state index contributed by atoms with van der Waals surface area (Å²) in [6.45, 7) is 0.863. The highest BCUT2D eigenvalue weighted by Gasteiger charge is 2.33. The third-order valence-electron chi connectivity index (χ3n) is 3.12. The molecule has 1 aliphatic heterocycles. The van der Waals surface area contributed by atoms with E-state index in [-0.39, 0.29) is 12.1 Å². The van der Waals surface area contributed by atoms with Gasteiger partial charge in [-0.05, 0) is 19.3 Å². The van der Waals surface area contributed by atoms with E-state index < -0.39 is 0 Å². The molecular formula is C10H15N3O2. The van der Waals surface area contributed by atoms with Crippen LogP contribution in [0.4, 0.5) is 0 Å². The molecule has 2 atom stereocenters. The zero-order valence-corrected chi connectivity index (χ0v) is 8.77. The van der Waals surface area contributed by atoms with Crippen LogP contribution in [-0.2, 0) is 4.74 Å². The maximum atomic E-state index is 5.28. The minimum Gasteiger partial charge on any atom is -0.380 e. The minimum atomic E-state index is 0.176. The third-order valence-corrected chi connectivity index (χ3v) is 3.12. The maximum absolute atomic E-state index is 5.28. The van der Waals surface area contributed by atoms with Crippen molar-refractivity contribution in [3.05, 3.63) is 11.7 Å². The highest BCUT2D eigenvalue weighted by molar-refractivity contribution is 5.06. The van der Waals surface area contributed by atoms with Crippen LogP contribution in [0, 0.1) is 0 Å². The Morgan fingerprint density at radius 3 is 3.00 bits per heavy atom. The number of nitrogens with zero attached hydrogens (tertiary/aromatic N) is 2. The van der Waals surface area contributed by atoms with Crippen LogP contribution in [0.5, 0.6) is 0 Å². The smallest absolute Gasteiger partial charge is 0.243 e. The van der Waals surface area contributed by atoms with Crippen molar-refractivity contribution in [2.75, 3.05) is 13.7 Å². The summed E-state index contributed by atoms with van der Waals surface area (Å²) in [5, 5.41) is 7.33. The van der Waals surface area contributed by atoms with Crippen LogP contribution < -0.4 is 5.32 Å². The highest BCUT2D eigenvalue weighted by atomic mass is 16.5. The second kappa shape index (κ2) is 3.57. The molecule has 1 N–H and O–H groups in total. The largest absolute Gasteiger partial charge is 0.380 e. The molecule has 15 heavy (non-hydrogen) atoms. The molecule has 2 heterocycles. The molecule has 3 rings (SSSR count). The van der Waals surface area contributed by atoms with E-state index in [2.05, 4.69) is 15.5 Å². The van der Waals surface area contributed by atoms with Crippen molar-refractivity contribution in [2.45, 2.75) is 37.3 Å². The lowest BCUT2D eigenvalue weighted by atomic mass is 10.2. The lowest BCUT2D eigenvalue weighted by Gasteiger charge is -2.04. The Balaban J connectivity index is 1.70. The standard InChI is InChI=1S/C10H15N3O2/c1-14-7-4-8(11-5-7)10-12-9(13-15-10)6-2-3-6/h6-8,11H,2-5H2,1H3/t7-,8-/m1/s1. The molecule has 2 fully saturated rings. The second-order valence-corrected chi connectivity index (χ2v) is 4.32. The normalized spacial score (nSPS) is 31.0. The van der Waals surface area contributed by atoms with Gasteiger partial charge in [-0.1, -0.05) is 5.16 Å². The molecule has 0 aromatic carbocycles. The number of hydrogen-bond acceptors (Lipinski definition) is 5. The average molecular weight is 209 g/mol. The van der Waals surface area contributed by atoms with Gasteiger partial charge in [0.1, 0.15) is 0 Å². The molecule has 1 saturated heterocycles. The first kappa shape index (κ1) is 9.30. The molecule has 82 valence electrons. The van der Waals surface area contributed by atoms with E-state index >= 15 is 0 Å². The van der Waals surface area contributed by atoms with Gasteiger partial charge >= 0.3 is 0 Å². The van der Waals surface area contributed by atoms with E-state index in [4.69, 9.17) is 9.26 Å². The van der Waals surface area contributed by atoms with Crippen LogP contribution in [0.1, 0.15) is 42.9 Å². The fourth-order valence-corrected chi connectivity index (χ4v) is 1.97. The lowest BCUT2D eigenvalue weighted by molar-refractivity contribution is 0.116. The van der Waals surface area contributed by atoms with Gasteiger partial charge in [-0.3, -0.25) is 0 Å². The minimum absolute atomic E-state index is 0.176. The van der Waals surface area contributed by atoms with E-state index in [1.165, 1.54) is 12.8 Å². The van der Waals surface area contributed by atoms with Crippen molar-refractivity contribution in [1.82, 2.24) is 15.5 Å². The molecule has 1 saturated carbocycles. The van der Waals surface area contributed by atoms with E-state index in [9.17, 15) is 0 Å². The highest BCUT2D eigenvalue weighted by Crippen LogP contribution is 2.38. The summed E-state index contributed by atoms with van der Waals surface area (Å²) < 4.78 is 10.5. The van der Waals surface area contributed by atoms with Crippen LogP contribution in [0.15, 0.2) is 4.52 Å². The zero-order valence-electron chi connectivity index (χ0n) is 8.77. The summed E-state index contributed by atoms with van der Waals surface area (Å²) in [6, 6.07) is 0.176. The predicted octanol–water partition coefficient (Wildman–Crippen LogP) is 0.996. The topological polar surface area (TPSA) is 60.2 Å². The average Bonchev–Trinajstić information content (AvgIpc) is 2.84. The fraction of sp³-hybridized carbons (Fsp3) is 0.800. The van der Waals surface area contributed by atoms with Crippen molar-refractivity contribution >= 4 is 0 Å². The van der Waals surface area contributed by atoms with E-state index in [1.54, 1.807) is 7.11 Å². The van der Waals surface area contributed by atoms with Gasteiger partial charge in [0.05, 0.1) is 12.1 Å². The van der Waals surface area contributed by atoms with Gasteiger partial charge in [0.15, 0.2) is 5.82 Å². The van der Waals surface area contributed by atoms with E-state index in [0.717, 1.165) is 24.7 Å². The summed E-state index contributed by atoms with van der Waals surface area (Å²) >= 11 is 0. The predicted molar refractivity (Wildman–Crippen MR) is 52.4 cm³/mol. The molecule has 2 aliphatic rings. The summed E-state index contributed by atoms with van der Waals surface area (Å²) in [4.78, 5) is 4.43. The Morgan fingerprint density at radius 2 is 2.33 bits per heavy atom. The molecule has 0 spiro atoms. The van der Waals surface area contributed by atoms with E-state index in [1.807, 2.05) is 0 Å². The molecule has 0 radical (unpaired) electrons. The number of aromatic nitrogens is 2. The molecule has 1 aromatic rings. The Morgan fingerprint density at radius 1 is 1.47 bits per heavy atom. The number of ether oxygens (including phenoxy) is 1. The maximum Gasteiger partial charge on any atom is 0.243 e. The van der Waals surface area contributed by atoms with Crippen LogP contribution in [0.25, 0.3) is 0 Å².